The lowest BCUT2D eigenvalue weighted by Gasteiger charge is -2.40. The minimum Gasteiger partial charge on any atom is -0.382 e. The summed E-state index contributed by atoms with van der Waals surface area (Å²) in [6, 6.07) is 8.74. The summed E-state index contributed by atoms with van der Waals surface area (Å²) in [5.41, 5.74) is 3.07. The number of fused-ring (bicyclic) bond motifs is 1. The van der Waals surface area contributed by atoms with E-state index in [1.807, 2.05) is 12.1 Å². The molecule has 1 unspecified atom stereocenters. The van der Waals surface area contributed by atoms with E-state index in [0.717, 1.165) is 37.4 Å². The van der Waals surface area contributed by atoms with Crippen molar-refractivity contribution in [1.82, 2.24) is 5.32 Å². The standard InChI is InChI=1S/C14H18N4/c15-9-11-3-4-14-13(8-11)17-6-7-18(14)12-2-1-5-16-10-12/h3-4,8,12,16-17H,1-2,5-7,10H2. The number of benzene rings is 1. The van der Waals surface area contributed by atoms with Crippen molar-refractivity contribution in [1.29, 1.82) is 5.26 Å². The molecule has 2 aliphatic heterocycles. The molecule has 1 fully saturated rings. The van der Waals surface area contributed by atoms with Gasteiger partial charge in [-0.25, -0.2) is 0 Å². The summed E-state index contributed by atoms with van der Waals surface area (Å²) in [6.07, 6.45) is 2.51. The van der Waals surface area contributed by atoms with Gasteiger partial charge >= 0.3 is 0 Å². The maximum atomic E-state index is 8.95. The second-order valence-corrected chi connectivity index (χ2v) is 4.96. The van der Waals surface area contributed by atoms with Crippen LogP contribution in [0.3, 0.4) is 0 Å². The Hall–Kier alpha value is -1.73. The summed E-state index contributed by atoms with van der Waals surface area (Å²) in [6.45, 7) is 4.21. The fourth-order valence-corrected chi connectivity index (χ4v) is 2.91. The van der Waals surface area contributed by atoms with Crippen LogP contribution in [-0.4, -0.2) is 32.2 Å². The number of nitrogens with one attached hydrogen (secondary N) is 2. The van der Waals surface area contributed by atoms with Crippen molar-refractivity contribution in [3.63, 3.8) is 0 Å². The summed E-state index contributed by atoms with van der Waals surface area (Å²) >= 11 is 0. The zero-order valence-electron chi connectivity index (χ0n) is 10.4. The molecule has 2 aliphatic rings. The third-order valence-electron chi connectivity index (χ3n) is 3.81. The second kappa shape index (κ2) is 4.87. The third-order valence-corrected chi connectivity index (χ3v) is 3.81. The Labute approximate surface area is 108 Å². The van der Waals surface area contributed by atoms with E-state index < -0.39 is 0 Å². The Kier molecular flexibility index (Phi) is 3.07. The predicted octanol–water partition coefficient (Wildman–Crippen LogP) is 1.54. The monoisotopic (exact) mass is 242 g/mol. The van der Waals surface area contributed by atoms with Crippen molar-refractivity contribution < 1.29 is 0 Å². The van der Waals surface area contributed by atoms with Gasteiger partial charge in [-0.3, -0.25) is 0 Å². The van der Waals surface area contributed by atoms with Gasteiger partial charge in [0.05, 0.1) is 23.0 Å². The normalized spacial score (nSPS) is 22.8. The van der Waals surface area contributed by atoms with Crippen LogP contribution < -0.4 is 15.5 Å². The first-order chi connectivity index (χ1) is 8.88. The average Bonchev–Trinajstić information content (AvgIpc) is 2.47. The van der Waals surface area contributed by atoms with Crippen LogP contribution in [-0.2, 0) is 0 Å². The van der Waals surface area contributed by atoms with Crippen LogP contribution in [0.2, 0.25) is 0 Å². The zero-order valence-corrected chi connectivity index (χ0v) is 10.4. The van der Waals surface area contributed by atoms with Gasteiger partial charge in [0.25, 0.3) is 0 Å². The molecule has 94 valence electrons. The number of piperidine rings is 1. The molecule has 0 aliphatic carbocycles. The Morgan fingerprint density at radius 1 is 1.33 bits per heavy atom. The number of hydrogen-bond donors (Lipinski definition) is 2. The van der Waals surface area contributed by atoms with Crippen molar-refractivity contribution in [2.24, 2.45) is 0 Å². The lowest BCUT2D eigenvalue weighted by molar-refractivity contribution is 0.432. The molecule has 2 N–H and O–H groups in total. The largest absolute Gasteiger partial charge is 0.382 e. The molecule has 3 rings (SSSR count). The van der Waals surface area contributed by atoms with Crippen LogP contribution >= 0.6 is 0 Å². The number of nitrogens with zero attached hydrogens (tertiary/aromatic N) is 2. The Morgan fingerprint density at radius 2 is 2.28 bits per heavy atom. The average molecular weight is 242 g/mol. The van der Waals surface area contributed by atoms with E-state index in [1.165, 1.54) is 18.5 Å². The van der Waals surface area contributed by atoms with Gasteiger partial charge in [0.2, 0.25) is 0 Å². The van der Waals surface area contributed by atoms with Gasteiger partial charge in [-0.15, -0.1) is 0 Å². The molecule has 0 amide bonds. The fraction of sp³-hybridized carbons (Fsp3) is 0.500. The van der Waals surface area contributed by atoms with E-state index in [4.69, 9.17) is 5.26 Å². The highest BCUT2D eigenvalue weighted by molar-refractivity contribution is 5.74. The van der Waals surface area contributed by atoms with Crippen LogP contribution in [0.1, 0.15) is 18.4 Å². The van der Waals surface area contributed by atoms with Crippen molar-refractivity contribution in [2.45, 2.75) is 18.9 Å². The van der Waals surface area contributed by atoms with Gasteiger partial charge < -0.3 is 15.5 Å². The van der Waals surface area contributed by atoms with E-state index in [0.29, 0.717) is 6.04 Å². The van der Waals surface area contributed by atoms with Crippen LogP contribution in [0.15, 0.2) is 18.2 Å². The predicted molar refractivity (Wildman–Crippen MR) is 72.9 cm³/mol. The summed E-state index contributed by atoms with van der Waals surface area (Å²) < 4.78 is 0. The van der Waals surface area contributed by atoms with Crippen LogP contribution in [0.5, 0.6) is 0 Å². The van der Waals surface area contributed by atoms with Crippen molar-refractivity contribution in [3.05, 3.63) is 23.8 Å². The topological polar surface area (TPSA) is 51.1 Å². The first-order valence-corrected chi connectivity index (χ1v) is 6.64. The maximum absolute atomic E-state index is 8.95. The highest BCUT2D eigenvalue weighted by Gasteiger charge is 2.25. The second-order valence-electron chi connectivity index (χ2n) is 4.96. The zero-order chi connectivity index (χ0) is 12.4. The number of nitriles is 1. The fourth-order valence-electron chi connectivity index (χ4n) is 2.91. The molecule has 4 nitrogen and oxygen atoms in total. The number of anilines is 2. The molecule has 4 heteroatoms. The van der Waals surface area contributed by atoms with E-state index in [2.05, 4.69) is 27.7 Å². The van der Waals surface area contributed by atoms with Crippen molar-refractivity contribution >= 4 is 11.4 Å². The molecular weight excluding hydrogens is 224 g/mol. The highest BCUT2D eigenvalue weighted by atomic mass is 15.2. The summed E-state index contributed by atoms with van der Waals surface area (Å²) in [5, 5.41) is 15.8. The van der Waals surface area contributed by atoms with Crippen LogP contribution in [0.4, 0.5) is 11.4 Å². The molecule has 0 radical (unpaired) electrons. The van der Waals surface area contributed by atoms with Gasteiger partial charge in [0, 0.05) is 25.7 Å². The van der Waals surface area contributed by atoms with Crippen molar-refractivity contribution in [3.8, 4) is 6.07 Å². The molecule has 0 saturated carbocycles. The Balaban J connectivity index is 1.89. The molecule has 0 aromatic heterocycles. The molecular formula is C14H18N4. The molecule has 1 saturated heterocycles. The smallest absolute Gasteiger partial charge is 0.0992 e. The lowest BCUT2D eigenvalue weighted by atomic mass is 10.0. The Morgan fingerprint density at radius 3 is 3.06 bits per heavy atom. The van der Waals surface area contributed by atoms with Gasteiger partial charge in [-0.05, 0) is 37.6 Å². The summed E-state index contributed by atoms with van der Waals surface area (Å²) in [4.78, 5) is 2.49. The van der Waals surface area contributed by atoms with Crippen LogP contribution in [0, 0.1) is 11.3 Å². The molecule has 1 atom stereocenters. The molecule has 1 aromatic carbocycles. The first kappa shape index (κ1) is 11.4. The lowest BCUT2D eigenvalue weighted by Crippen LogP contribution is -2.49. The van der Waals surface area contributed by atoms with E-state index in [1.54, 1.807) is 0 Å². The Bertz CT molecular complexity index is 471. The van der Waals surface area contributed by atoms with Crippen molar-refractivity contribution in [2.75, 3.05) is 36.4 Å². The SMILES string of the molecule is N#Cc1ccc2c(c1)NCCN2C1CCCNC1. The summed E-state index contributed by atoms with van der Waals surface area (Å²) in [5.74, 6) is 0. The van der Waals surface area contributed by atoms with Crippen LogP contribution in [0.25, 0.3) is 0 Å². The maximum Gasteiger partial charge on any atom is 0.0992 e. The minimum absolute atomic E-state index is 0.590. The van der Waals surface area contributed by atoms with E-state index in [9.17, 15) is 0 Å². The van der Waals surface area contributed by atoms with E-state index >= 15 is 0 Å². The molecule has 18 heavy (non-hydrogen) atoms. The van der Waals surface area contributed by atoms with Gasteiger partial charge in [0.15, 0.2) is 0 Å². The molecule has 2 heterocycles. The van der Waals surface area contributed by atoms with Gasteiger partial charge in [-0.1, -0.05) is 0 Å². The first-order valence-electron chi connectivity index (χ1n) is 6.64. The van der Waals surface area contributed by atoms with Gasteiger partial charge in [0.1, 0.15) is 0 Å². The number of hydrogen-bond acceptors (Lipinski definition) is 4. The highest BCUT2D eigenvalue weighted by Crippen LogP contribution is 2.32. The molecule has 0 spiro atoms. The quantitative estimate of drug-likeness (QED) is 0.784. The van der Waals surface area contributed by atoms with Gasteiger partial charge in [-0.2, -0.15) is 5.26 Å². The minimum atomic E-state index is 0.590. The van der Waals surface area contributed by atoms with E-state index in [-0.39, 0.29) is 0 Å². The number of rotatable bonds is 1. The third kappa shape index (κ3) is 2.02. The molecule has 1 aromatic rings. The summed E-state index contributed by atoms with van der Waals surface area (Å²) in [7, 11) is 0. The molecule has 0 bridgehead atoms.